The number of aromatic nitrogens is 2. The molecule has 18 heavy (non-hydrogen) atoms. The van der Waals surface area contributed by atoms with Crippen LogP contribution in [0.2, 0.25) is 0 Å². The summed E-state index contributed by atoms with van der Waals surface area (Å²) in [5, 5.41) is 17.1. The number of aryl methyl sites for hydroxylation is 3. The smallest absolute Gasteiger partial charge is 0.0624 e. The van der Waals surface area contributed by atoms with E-state index >= 15 is 0 Å². The monoisotopic (exact) mass is 253 g/mol. The van der Waals surface area contributed by atoms with E-state index in [1.807, 2.05) is 14.0 Å². The maximum absolute atomic E-state index is 9.34. The van der Waals surface area contributed by atoms with E-state index in [9.17, 15) is 5.11 Å². The van der Waals surface area contributed by atoms with Crippen molar-refractivity contribution in [2.45, 2.75) is 58.5 Å². The lowest BCUT2D eigenvalue weighted by atomic mass is 9.97. The Morgan fingerprint density at radius 1 is 1.39 bits per heavy atom. The van der Waals surface area contributed by atoms with Crippen LogP contribution in [0.5, 0.6) is 0 Å². The highest BCUT2D eigenvalue weighted by Gasteiger charge is 2.20. The minimum atomic E-state index is -0.173. The fraction of sp³-hybridized carbons (Fsp3) is 0.786. The summed E-state index contributed by atoms with van der Waals surface area (Å²) in [6.45, 7) is 7.45. The molecule has 1 rings (SSSR count). The van der Waals surface area contributed by atoms with E-state index in [2.05, 4.69) is 35.0 Å². The van der Waals surface area contributed by atoms with Crippen molar-refractivity contribution in [3.63, 3.8) is 0 Å². The molecule has 1 heterocycles. The van der Waals surface area contributed by atoms with Gasteiger partial charge in [0.05, 0.1) is 12.3 Å². The Hall–Kier alpha value is -0.870. The van der Waals surface area contributed by atoms with E-state index in [0.717, 1.165) is 32.2 Å². The summed E-state index contributed by atoms with van der Waals surface area (Å²) < 4.78 is 2.12. The van der Waals surface area contributed by atoms with E-state index in [-0.39, 0.29) is 12.1 Å². The third-order valence-corrected chi connectivity index (χ3v) is 3.69. The molecule has 0 aromatic carbocycles. The van der Waals surface area contributed by atoms with Gasteiger partial charge in [-0.25, -0.2) is 0 Å². The second-order valence-corrected chi connectivity index (χ2v) is 5.13. The van der Waals surface area contributed by atoms with E-state index in [0.29, 0.717) is 0 Å². The number of rotatable bonds is 8. The largest absolute Gasteiger partial charge is 0.394 e. The number of nitrogens with one attached hydrogen (secondary N) is 1. The third-order valence-electron chi connectivity index (χ3n) is 3.69. The average Bonchev–Trinajstić information content (AvgIpc) is 2.81. The van der Waals surface area contributed by atoms with Crippen LogP contribution in [0.3, 0.4) is 0 Å². The summed E-state index contributed by atoms with van der Waals surface area (Å²) in [6, 6.07) is 2.20. The maximum Gasteiger partial charge on any atom is 0.0624 e. The van der Waals surface area contributed by atoms with Crippen LogP contribution in [-0.4, -0.2) is 34.1 Å². The van der Waals surface area contributed by atoms with Crippen molar-refractivity contribution in [2.75, 3.05) is 13.7 Å². The van der Waals surface area contributed by atoms with Crippen LogP contribution in [0.4, 0.5) is 0 Å². The van der Waals surface area contributed by atoms with Crippen molar-refractivity contribution in [2.24, 2.45) is 0 Å². The number of aliphatic hydroxyl groups is 1. The van der Waals surface area contributed by atoms with Crippen molar-refractivity contribution >= 4 is 0 Å². The zero-order chi connectivity index (χ0) is 13.6. The number of aliphatic hydroxyl groups excluding tert-OH is 1. The minimum absolute atomic E-state index is 0.170. The molecule has 1 aromatic rings. The van der Waals surface area contributed by atoms with E-state index in [1.165, 1.54) is 11.4 Å². The first-order valence-electron chi connectivity index (χ1n) is 6.94. The molecule has 1 unspecified atom stereocenters. The van der Waals surface area contributed by atoms with E-state index in [4.69, 9.17) is 0 Å². The highest BCUT2D eigenvalue weighted by atomic mass is 16.3. The van der Waals surface area contributed by atoms with Gasteiger partial charge in [-0.2, -0.15) is 5.10 Å². The van der Waals surface area contributed by atoms with Crippen LogP contribution >= 0.6 is 0 Å². The van der Waals surface area contributed by atoms with Gasteiger partial charge in [0.1, 0.15) is 0 Å². The molecule has 1 aromatic heterocycles. The Balaban J connectivity index is 2.55. The van der Waals surface area contributed by atoms with Crippen molar-refractivity contribution in [1.82, 2.24) is 15.1 Å². The summed E-state index contributed by atoms with van der Waals surface area (Å²) in [5.74, 6) is 0. The minimum Gasteiger partial charge on any atom is -0.394 e. The summed E-state index contributed by atoms with van der Waals surface area (Å²) in [7, 11) is 1.90. The van der Waals surface area contributed by atoms with Gasteiger partial charge >= 0.3 is 0 Å². The average molecular weight is 253 g/mol. The predicted octanol–water partition coefficient (Wildman–Crippen LogP) is 1.76. The van der Waals surface area contributed by atoms with Crippen LogP contribution in [0.25, 0.3) is 0 Å². The highest BCUT2D eigenvalue weighted by molar-refractivity contribution is 5.10. The van der Waals surface area contributed by atoms with Gasteiger partial charge in [0.15, 0.2) is 0 Å². The van der Waals surface area contributed by atoms with Gasteiger partial charge in [0.2, 0.25) is 0 Å². The Morgan fingerprint density at radius 3 is 2.61 bits per heavy atom. The molecule has 0 radical (unpaired) electrons. The highest BCUT2D eigenvalue weighted by Crippen LogP contribution is 2.13. The first-order chi connectivity index (χ1) is 8.58. The van der Waals surface area contributed by atoms with Crippen LogP contribution in [-0.2, 0) is 19.4 Å². The molecular weight excluding hydrogens is 226 g/mol. The van der Waals surface area contributed by atoms with Crippen LogP contribution in [0, 0.1) is 0 Å². The summed E-state index contributed by atoms with van der Waals surface area (Å²) >= 11 is 0. The fourth-order valence-electron chi connectivity index (χ4n) is 2.07. The lowest BCUT2D eigenvalue weighted by Crippen LogP contribution is -2.43. The number of nitrogens with zero attached hydrogens (tertiary/aromatic N) is 2. The Morgan fingerprint density at radius 2 is 2.11 bits per heavy atom. The Kier molecular flexibility index (Phi) is 5.82. The molecule has 0 saturated carbocycles. The summed E-state index contributed by atoms with van der Waals surface area (Å²) in [5.41, 5.74) is 2.31. The van der Waals surface area contributed by atoms with Gasteiger partial charge in [-0.1, -0.05) is 13.8 Å². The quantitative estimate of drug-likeness (QED) is 0.742. The molecule has 0 spiro atoms. The molecule has 104 valence electrons. The lowest BCUT2D eigenvalue weighted by molar-refractivity contribution is 0.169. The SMILES string of the molecule is CCc1cc(CC)n(CCCC(C)(CO)NC)n1. The van der Waals surface area contributed by atoms with Crippen LogP contribution in [0.1, 0.15) is 45.0 Å². The fourth-order valence-corrected chi connectivity index (χ4v) is 2.07. The van der Waals surface area contributed by atoms with Crippen molar-refractivity contribution in [1.29, 1.82) is 0 Å². The van der Waals surface area contributed by atoms with E-state index < -0.39 is 0 Å². The maximum atomic E-state index is 9.34. The van der Waals surface area contributed by atoms with Gasteiger partial charge < -0.3 is 10.4 Å². The normalized spacial score (nSPS) is 14.7. The third kappa shape index (κ3) is 3.82. The van der Waals surface area contributed by atoms with Gasteiger partial charge in [-0.05, 0) is 45.7 Å². The van der Waals surface area contributed by atoms with Gasteiger partial charge in [0.25, 0.3) is 0 Å². The number of hydrogen-bond donors (Lipinski definition) is 2. The van der Waals surface area contributed by atoms with Crippen LogP contribution in [0.15, 0.2) is 6.07 Å². The molecule has 4 heteroatoms. The molecule has 0 saturated heterocycles. The van der Waals surface area contributed by atoms with Gasteiger partial charge in [0, 0.05) is 17.8 Å². The van der Waals surface area contributed by atoms with Gasteiger partial charge in [-0.15, -0.1) is 0 Å². The zero-order valence-corrected chi connectivity index (χ0v) is 12.2. The molecular formula is C14H27N3O. The predicted molar refractivity (Wildman–Crippen MR) is 74.8 cm³/mol. The second kappa shape index (κ2) is 6.90. The number of hydrogen-bond acceptors (Lipinski definition) is 3. The summed E-state index contributed by atoms with van der Waals surface area (Å²) in [6.07, 6.45) is 3.99. The zero-order valence-electron chi connectivity index (χ0n) is 12.2. The van der Waals surface area contributed by atoms with Gasteiger partial charge in [-0.3, -0.25) is 4.68 Å². The molecule has 0 aliphatic rings. The lowest BCUT2D eigenvalue weighted by Gasteiger charge is -2.26. The Labute approximate surface area is 110 Å². The molecule has 0 amide bonds. The summed E-state index contributed by atoms with van der Waals surface area (Å²) in [4.78, 5) is 0. The van der Waals surface area contributed by atoms with E-state index in [1.54, 1.807) is 0 Å². The molecule has 0 aliphatic carbocycles. The topological polar surface area (TPSA) is 50.1 Å². The second-order valence-electron chi connectivity index (χ2n) is 5.13. The molecule has 2 N–H and O–H groups in total. The molecule has 0 fully saturated rings. The molecule has 1 atom stereocenters. The first-order valence-corrected chi connectivity index (χ1v) is 6.94. The van der Waals surface area contributed by atoms with Crippen molar-refractivity contribution in [3.05, 3.63) is 17.5 Å². The molecule has 0 bridgehead atoms. The molecule has 4 nitrogen and oxygen atoms in total. The Bertz CT molecular complexity index is 356. The van der Waals surface area contributed by atoms with Crippen molar-refractivity contribution < 1.29 is 5.11 Å². The standard InChI is InChI=1S/C14H27N3O/c1-5-12-10-13(6-2)17(16-12)9-7-8-14(3,11-18)15-4/h10,15,18H,5-9,11H2,1-4H3. The molecule has 0 aliphatic heterocycles. The number of likely N-dealkylation sites (N-methyl/N-ethyl adjacent to an activating group) is 1. The van der Waals surface area contributed by atoms with Crippen molar-refractivity contribution in [3.8, 4) is 0 Å². The first kappa shape index (κ1) is 15.2. The van der Waals surface area contributed by atoms with Crippen LogP contribution < -0.4 is 5.32 Å².